The fourth-order valence-electron chi connectivity index (χ4n) is 2.91. The van der Waals surface area contributed by atoms with Crippen molar-refractivity contribution in [2.45, 2.75) is 32.0 Å². The molecule has 2 nitrogen and oxygen atoms in total. The molecule has 0 atom stereocenters. The second-order valence-corrected chi connectivity index (χ2v) is 7.71. The second kappa shape index (κ2) is 6.58. The van der Waals surface area contributed by atoms with Gasteiger partial charge in [-0.25, -0.2) is 0 Å². The van der Waals surface area contributed by atoms with Crippen LogP contribution in [0.3, 0.4) is 0 Å². The lowest BCUT2D eigenvalue weighted by atomic mass is 9.96. The number of fused-ring (bicyclic) bond motifs is 1. The Morgan fingerprint density at radius 1 is 1.15 bits per heavy atom. The highest BCUT2D eigenvalue weighted by molar-refractivity contribution is 9.10. The minimum atomic E-state index is -4.75. The van der Waals surface area contributed by atoms with Gasteiger partial charge in [0.2, 0.25) is 0 Å². The number of benzene rings is 2. The number of carbonyl (C=O) groups is 1. The molecule has 6 heteroatoms. The van der Waals surface area contributed by atoms with E-state index in [2.05, 4.69) is 15.9 Å². The number of rotatable bonds is 3. The fraction of sp³-hybridized carbons (Fsp3) is 0.250. The zero-order chi connectivity index (χ0) is 19.1. The van der Waals surface area contributed by atoms with Crippen LogP contribution in [-0.2, 0) is 6.42 Å². The standard InChI is InChI=1S/C20H16BrF3O2/c1-19(2)11-14-10-13(5-8-17(14)26-19)18(25)16(20(22,23)24)9-12-3-6-15(21)7-4-12/h3-10H,11H2,1-2H3/b16-9+. The molecule has 0 saturated heterocycles. The van der Waals surface area contributed by atoms with E-state index in [-0.39, 0.29) is 5.56 Å². The third-order valence-electron chi connectivity index (χ3n) is 4.06. The maximum atomic E-state index is 13.5. The van der Waals surface area contributed by atoms with Crippen molar-refractivity contribution in [1.82, 2.24) is 0 Å². The molecule has 1 aliphatic heterocycles. The molecule has 0 amide bonds. The van der Waals surface area contributed by atoms with Gasteiger partial charge in [-0.3, -0.25) is 4.79 Å². The zero-order valence-electron chi connectivity index (χ0n) is 14.2. The Morgan fingerprint density at radius 2 is 1.81 bits per heavy atom. The number of allylic oxidation sites excluding steroid dienone is 1. The minimum Gasteiger partial charge on any atom is -0.487 e. The third-order valence-corrected chi connectivity index (χ3v) is 4.58. The first-order valence-corrected chi connectivity index (χ1v) is 8.76. The molecule has 0 N–H and O–H groups in total. The van der Waals surface area contributed by atoms with Gasteiger partial charge in [-0.1, -0.05) is 28.1 Å². The topological polar surface area (TPSA) is 26.3 Å². The van der Waals surface area contributed by atoms with E-state index in [0.717, 1.165) is 16.1 Å². The summed E-state index contributed by atoms with van der Waals surface area (Å²) >= 11 is 3.23. The molecule has 26 heavy (non-hydrogen) atoms. The summed E-state index contributed by atoms with van der Waals surface area (Å²) < 4.78 is 46.9. The molecule has 2 aromatic carbocycles. The van der Waals surface area contributed by atoms with E-state index in [0.29, 0.717) is 17.7 Å². The smallest absolute Gasteiger partial charge is 0.420 e. The Balaban J connectivity index is 1.98. The van der Waals surface area contributed by atoms with E-state index >= 15 is 0 Å². The van der Waals surface area contributed by atoms with Crippen LogP contribution in [0.4, 0.5) is 13.2 Å². The quantitative estimate of drug-likeness (QED) is 0.446. The molecular formula is C20H16BrF3O2. The van der Waals surface area contributed by atoms with Gasteiger partial charge in [0.1, 0.15) is 16.9 Å². The van der Waals surface area contributed by atoms with E-state index in [9.17, 15) is 18.0 Å². The van der Waals surface area contributed by atoms with Crippen molar-refractivity contribution >= 4 is 27.8 Å². The first-order valence-electron chi connectivity index (χ1n) is 7.96. The van der Waals surface area contributed by atoms with Gasteiger partial charge in [-0.05, 0) is 61.4 Å². The average Bonchev–Trinajstić information content (AvgIpc) is 2.85. The molecular weight excluding hydrogens is 409 g/mol. The van der Waals surface area contributed by atoms with Gasteiger partial charge < -0.3 is 4.74 Å². The first-order chi connectivity index (χ1) is 12.0. The number of alkyl halides is 3. The molecule has 0 unspecified atom stereocenters. The summed E-state index contributed by atoms with van der Waals surface area (Å²) in [6, 6.07) is 10.7. The van der Waals surface area contributed by atoms with Crippen molar-refractivity contribution in [2.75, 3.05) is 0 Å². The SMILES string of the molecule is CC1(C)Cc2cc(C(=O)/C(=C\c3ccc(Br)cc3)C(F)(F)F)ccc2O1. The van der Waals surface area contributed by atoms with E-state index < -0.39 is 23.1 Å². The Kier molecular flexibility index (Phi) is 4.73. The van der Waals surface area contributed by atoms with Gasteiger partial charge in [-0.2, -0.15) is 13.2 Å². The molecule has 3 rings (SSSR count). The molecule has 0 aromatic heterocycles. The molecule has 0 aliphatic carbocycles. The van der Waals surface area contributed by atoms with Crippen LogP contribution < -0.4 is 4.74 Å². The number of Topliss-reactive ketones (excluding diaryl/α,β-unsaturated/α-hetero) is 1. The molecule has 0 spiro atoms. The highest BCUT2D eigenvalue weighted by Gasteiger charge is 2.39. The fourth-order valence-corrected chi connectivity index (χ4v) is 3.17. The van der Waals surface area contributed by atoms with Crippen LogP contribution >= 0.6 is 15.9 Å². The van der Waals surface area contributed by atoms with Gasteiger partial charge in [0.25, 0.3) is 0 Å². The normalized spacial score (nSPS) is 16.2. The molecule has 0 saturated carbocycles. The summed E-state index contributed by atoms with van der Waals surface area (Å²) in [6.45, 7) is 3.78. The lowest BCUT2D eigenvalue weighted by molar-refractivity contribution is -0.0878. The van der Waals surface area contributed by atoms with Crippen LogP contribution in [0.15, 0.2) is 52.5 Å². The van der Waals surface area contributed by atoms with Crippen molar-refractivity contribution < 1.29 is 22.7 Å². The summed E-state index contributed by atoms with van der Waals surface area (Å²) in [6.07, 6.45) is -3.33. The lowest BCUT2D eigenvalue weighted by Crippen LogP contribution is -2.24. The van der Waals surface area contributed by atoms with Gasteiger partial charge >= 0.3 is 6.18 Å². The van der Waals surface area contributed by atoms with Crippen LogP contribution in [0.2, 0.25) is 0 Å². The van der Waals surface area contributed by atoms with Gasteiger partial charge in [-0.15, -0.1) is 0 Å². The van der Waals surface area contributed by atoms with Gasteiger partial charge in [0.15, 0.2) is 5.78 Å². The van der Waals surface area contributed by atoms with Crippen molar-refractivity contribution in [3.63, 3.8) is 0 Å². The Bertz CT molecular complexity index is 881. The van der Waals surface area contributed by atoms with Crippen LogP contribution in [0, 0.1) is 0 Å². The van der Waals surface area contributed by atoms with Gasteiger partial charge in [0, 0.05) is 16.5 Å². The van der Waals surface area contributed by atoms with Crippen molar-refractivity contribution in [3.8, 4) is 5.75 Å². The maximum absolute atomic E-state index is 13.5. The molecule has 1 heterocycles. The summed E-state index contributed by atoms with van der Waals surface area (Å²) in [5.41, 5.74) is -0.571. The van der Waals surface area contributed by atoms with E-state index in [1.807, 2.05) is 13.8 Å². The largest absolute Gasteiger partial charge is 0.487 e. The molecule has 0 bridgehead atoms. The van der Waals surface area contributed by atoms with Crippen molar-refractivity contribution in [2.24, 2.45) is 0 Å². The number of ketones is 1. The highest BCUT2D eigenvalue weighted by atomic mass is 79.9. The maximum Gasteiger partial charge on any atom is 0.420 e. The van der Waals surface area contributed by atoms with Crippen LogP contribution in [0.1, 0.15) is 35.3 Å². The van der Waals surface area contributed by atoms with Crippen molar-refractivity contribution in [3.05, 3.63) is 69.2 Å². The van der Waals surface area contributed by atoms with E-state index in [4.69, 9.17) is 4.74 Å². The predicted molar refractivity (Wildman–Crippen MR) is 97.4 cm³/mol. The van der Waals surface area contributed by atoms with Crippen LogP contribution in [0.25, 0.3) is 6.08 Å². The number of halogens is 4. The van der Waals surface area contributed by atoms with Crippen LogP contribution in [0.5, 0.6) is 5.75 Å². The zero-order valence-corrected chi connectivity index (χ0v) is 15.7. The van der Waals surface area contributed by atoms with E-state index in [1.165, 1.54) is 24.3 Å². The minimum absolute atomic E-state index is 0.00531. The number of hydrogen-bond acceptors (Lipinski definition) is 2. The molecule has 2 aromatic rings. The number of hydrogen-bond donors (Lipinski definition) is 0. The van der Waals surface area contributed by atoms with Crippen molar-refractivity contribution in [1.29, 1.82) is 0 Å². The first kappa shape index (κ1) is 18.7. The second-order valence-electron chi connectivity index (χ2n) is 6.80. The molecule has 1 aliphatic rings. The monoisotopic (exact) mass is 424 g/mol. The summed E-state index contributed by atoms with van der Waals surface area (Å²) in [5, 5.41) is 0. The predicted octanol–water partition coefficient (Wildman–Crippen LogP) is 5.99. The summed E-state index contributed by atoms with van der Waals surface area (Å²) in [5.74, 6) is -0.440. The Labute approximate surface area is 157 Å². The molecule has 0 radical (unpaired) electrons. The lowest BCUT2D eigenvalue weighted by Gasteiger charge is -2.16. The molecule has 0 fully saturated rings. The Hall–Kier alpha value is -2.08. The van der Waals surface area contributed by atoms with E-state index in [1.54, 1.807) is 18.2 Å². The van der Waals surface area contributed by atoms with Crippen LogP contribution in [-0.4, -0.2) is 17.6 Å². The average molecular weight is 425 g/mol. The number of carbonyl (C=O) groups excluding carboxylic acids is 1. The highest BCUT2D eigenvalue weighted by Crippen LogP contribution is 2.37. The van der Waals surface area contributed by atoms with Gasteiger partial charge in [0.05, 0.1) is 0 Å². The third kappa shape index (κ3) is 4.01. The number of ether oxygens (including phenoxy) is 1. The summed E-state index contributed by atoms with van der Waals surface area (Å²) in [7, 11) is 0. The molecule has 136 valence electrons. The summed E-state index contributed by atoms with van der Waals surface area (Å²) in [4.78, 5) is 12.6. The Morgan fingerprint density at radius 3 is 2.42 bits per heavy atom.